The van der Waals surface area contributed by atoms with Gasteiger partial charge in [-0.05, 0) is 0 Å². The number of hydrogen-bond donors (Lipinski definition) is 1. The van der Waals surface area contributed by atoms with Crippen molar-refractivity contribution in [1.29, 1.82) is 0 Å². The molecular formula is C8H11ClN4O2. The molecule has 0 unspecified atom stereocenters. The average molecular weight is 231 g/mol. The molecule has 82 valence electrons. The van der Waals surface area contributed by atoms with E-state index in [9.17, 15) is 4.79 Å². The number of nitrogens with zero attached hydrogens (tertiary/aromatic N) is 3. The monoisotopic (exact) mass is 230 g/mol. The van der Waals surface area contributed by atoms with Gasteiger partial charge in [-0.2, -0.15) is 0 Å². The highest BCUT2D eigenvalue weighted by Crippen LogP contribution is 2.23. The van der Waals surface area contributed by atoms with E-state index in [1.54, 1.807) is 7.05 Å². The molecule has 0 aromatic carbocycles. The van der Waals surface area contributed by atoms with Gasteiger partial charge in [0.1, 0.15) is 5.88 Å². The minimum atomic E-state index is 0.0151. The second-order valence-electron chi connectivity index (χ2n) is 3.33. The number of amides is 1. The number of alkyl halides is 1. The summed E-state index contributed by atoms with van der Waals surface area (Å²) < 4.78 is 5.24. The van der Waals surface area contributed by atoms with Crippen LogP contribution >= 0.6 is 11.6 Å². The third-order valence-corrected chi connectivity index (χ3v) is 2.57. The van der Waals surface area contributed by atoms with Gasteiger partial charge in [-0.25, -0.2) is 0 Å². The SMILES string of the molecule is CNC(=O)C1CN(c2nnc(CCl)o2)C1. The second kappa shape index (κ2) is 4.06. The highest BCUT2D eigenvalue weighted by molar-refractivity contribution is 6.16. The topological polar surface area (TPSA) is 71.3 Å². The summed E-state index contributed by atoms with van der Waals surface area (Å²) in [6, 6.07) is 0.436. The Labute approximate surface area is 91.6 Å². The molecule has 1 aromatic rings. The lowest BCUT2D eigenvalue weighted by Crippen LogP contribution is -2.53. The van der Waals surface area contributed by atoms with Crippen LogP contribution in [0.2, 0.25) is 0 Å². The third-order valence-electron chi connectivity index (χ3n) is 2.34. The van der Waals surface area contributed by atoms with Gasteiger partial charge in [0.2, 0.25) is 11.8 Å². The predicted octanol–water partition coefficient (Wildman–Crippen LogP) is -0.00940. The molecule has 1 aliphatic rings. The van der Waals surface area contributed by atoms with Crippen molar-refractivity contribution >= 4 is 23.5 Å². The predicted molar refractivity (Wildman–Crippen MR) is 53.6 cm³/mol. The van der Waals surface area contributed by atoms with E-state index in [0.717, 1.165) is 0 Å². The van der Waals surface area contributed by atoms with Crippen molar-refractivity contribution in [3.8, 4) is 0 Å². The van der Waals surface area contributed by atoms with Gasteiger partial charge in [-0.15, -0.1) is 16.7 Å². The van der Waals surface area contributed by atoms with Gasteiger partial charge >= 0.3 is 6.01 Å². The summed E-state index contributed by atoms with van der Waals surface area (Å²) in [6.07, 6.45) is 0. The molecule has 0 saturated carbocycles. The van der Waals surface area contributed by atoms with Crippen LogP contribution in [0.3, 0.4) is 0 Å². The number of halogens is 1. The van der Waals surface area contributed by atoms with E-state index in [1.165, 1.54) is 0 Å². The van der Waals surface area contributed by atoms with Crippen LogP contribution < -0.4 is 10.2 Å². The van der Waals surface area contributed by atoms with Crippen molar-refractivity contribution in [2.75, 3.05) is 25.0 Å². The second-order valence-corrected chi connectivity index (χ2v) is 3.60. The van der Waals surface area contributed by atoms with Crippen LogP contribution in [0.1, 0.15) is 5.89 Å². The van der Waals surface area contributed by atoms with Crippen molar-refractivity contribution in [2.45, 2.75) is 5.88 Å². The van der Waals surface area contributed by atoms with Gasteiger partial charge in [-0.3, -0.25) is 4.79 Å². The highest BCUT2D eigenvalue weighted by atomic mass is 35.5. The molecule has 2 heterocycles. The maximum Gasteiger partial charge on any atom is 0.318 e. The molecule has 0 aliphatic carbocycles. The molecule has 1 fully saturated rings. The van der Waals surface area contributed by atoms with E-state index in [1.807, 2.05) is 4.90 Å². The molecule has 1 N–H and O–H groups in total. The van der Waals surface area contributed by atoms with Crippen LogP contribution in [0.4, 0.5) is 6.01 Å². The summed E-state index contributed by atoms with van der Waals surface area (Å²) in [5, 5.41) is 10.2. The number of anilines is 1. The third kappa shape index (κ3) is 1.90. The van der Waals surface area contributed by atoms with Crippen LogP contribution in [0.15, 0.2) is 4.42 Å². The molecule has 1 aliphatic heterocycles. The van der Waals surface area contributed by atoms with E-state index in [4.69, 9.17) is 16.0 Å². The summed E-state index contributed by atoms with van der Waals surface area (Å²) in [7, 11) is 1.63. The molecule has 0 spiro atoms. The van der Waals surface area contributed by atoms with Gasteiger partial charge < -0.3 is 14.6 Å². The van der Waals surface area contributed by atoms with E-state index in [-0.39, 0.29) is 17.7 Å². The summed E-state index contributed by atoms with van der Waals surface area (Å²) in [5.41, 5.74) is 0. The Kier molecular flexibility index (Phi) is 2.77. The number of nitrogens with one attached hydrogen (secondary N) is 1. The Balaban J connectivity index is 1.91. The van der Waals surface area contributed by atoms with Crippen LogP contribution in [-0.2, 0) is 10.7 Å². The Bertz CT molecular complexity index is 361. The number of hydrogen-bond acceptors (Lipinski definition) is 5. The molecule has 7 heteroatoms. The van der Waals surface area contributed by atoms with Crippen LogP contribution in [0.5, 0.6) is 0 Å². The summed E-state index contributed by atoms with van der Waals surface area (Å²) in [4.78, 5) is 13.1. The van der Waals surface area contributed by atoms with Crippen molar-refractivity contribution < 1.29 is 9.21 Å². The molecule has 6 nitrogen and oxygen atoms in total. The first-order chi connectivity index (χ1) is 7.24. The van der Waals surface area contributed by atoms with E-state index >= 15 is 0 Å². The molecule has 15 heavy (non-hydrogen) atoms. The van der Waals surface area contributed by atoms with E-state index in [0.29, 0.717) is 25.0 Å². The molecule has 0 radical (unpaired) electrons. The zero-order valence-electron chi connectivity index (χ0n) is 8.23. The van der Waals surface area contributed by atoms with Crippen LogP contribution in [-0.4, -0.2) is 36.2 Å². The maximum absolute atomic E-state index is 11.2. The molecule has 1 amide bonds. The van der Waals surface area contributed by atoms with Gasteiger partial charge in [0.25, 0.3) is 0 Å². The number of rotatable bonds is 3. The normalized spacial score (nSPS) is 16.3. The van der Waals surface area contributed by atoms with Crippen molar-refractivity contribution in [3.63, 3.8) is 0 Å². The standard InChI is InChI=1S/C8H11ClN4O2/c1-10-7(14)5-3-13(4-5)8-12-11-6(2-9)15-8/h5H,2-4H2,1H3,(H,10,14). The highest BCUT2D eigenvalue weighted by Gasteiger charge is 2.34. The zero-order valence-corrected chi connectivity index (χ0v) is 8.99. The lowest BCUT2D eigenvalue weighted by Gasteiger charge is -2.36. The van der Waals surface area contributed by atoms with Crippen LogP contribution in [0.25, 0.3) is 0 Å². The van der Waals surface area contributed by atoms with Crippen LogP contribution in [0, 0.1) is 5.92 Å². The number of carbonyl (C=O) groups excluding carboxylic acids is 1. The first kappa shape index (κ1) is 10.2. The maximum atomic E-state index is 11.2. The molecule has 0 bridgehead atoms. The fourth-order valence-electron chi connectivity index (χ4n) is 1.43. The van der Waals surface area contributed by atoms with E-state index in [2.05, 4.69) is 15.5 Å². The van der Waals surface area contributed by atoms with Gasteiger partial charge in [0, 0.05) is 20.1 Å². The first-order valence-electron chi connectivity index (χ1n) is 4.59. The Hall–Kier alpha value is -1.30. The van der Waals surface area contributed by atoms with Crippen molar-refractivity contribution in [2.24, 2.45) is 5.92 Å². The lowest BCUT2D eigenvalue weighted by molar-refractivity contribution is -0.125. The van der Waals surface area contributed by atoms with Gasteiger partial charge in [0.15, 0.2) is 0 Å². The quantitative estimate of drug-likeness (QED) is 0.740. The fourth-order valence-corrected chi connectivity index (χ4v) is 1.54. The average Bonchev–Trinajstić information content (AvgIpc) is 2.63. The van der Waals surface area contributed by atoms with Gasteiger partial charge in [0.05, 0.1) is 5.92 Å². The summed E-state index contributed by atoms with van der Waals surface area (Å²) >= 11 is 5.53. The molecule has 1 aromatic heterocycles. The zero-order chi connectivity index (χ0) is 10.8. The first-order valence-corrected chi connectivity index (χ1v) is 5.13. The summed E-state index contributed by atoms with van der Waals surface area (Å²) in [5.74, 6) is 0.666. The lowest BCUT2D eigenvalue weighted by atomic mass is 10.0. The fraction of sp³-hybridized carbons (Fsp3) is 0.625. The summed E-state index contributed by atoms with van der Waals surface area (Å²) in [6.45, 7) is 1.23. The number of aromatic nitrogens is 2. The van der Waals surface area contributed by atoms with Crippen molar-refractivity contribution in [3.05, 3.63) is 5.89 Å². The molecule has 2 rings (SSSR count). The smallest absolute Gasteiger partial charge is 0.318 e. The molecule has 1 saturated heterocycles. The van der Waals surface area contributed by atoms with Gasteiger partial charge in [-0.1, -0.05) is 5.10 Å². The Morgan fingerprint density at radius 3 is 2.93 bits per heavy atom. The minimum absolute atomic E-state index is 0.0151. The van der Waals surface area contributed by atoms with Crippen molar-refractivity contribution in [1.82, 2.24) is 15.5 Å². The molecule has 0 atom stereocenters. The Morgan fingerprint density at radius 1 is 1.67 bits per heavy atom. The Morgan fingerprint density at radius 2 is 2.40 bits per heavy atom. The number of carbonyl (C=O) groups is 1. The largest absolute Gasteiger partial charge is 0.407 e. The molecular weight excluding hydrogens is 220 g/mol. The minimum Gasteiger partial charge on any atom is -0.407 e. The van der Waals surface area contributed by atoms with E-state index < -0.39 is 0 Å².